The van der Waals surface area contributed by atoms with Crippen LogP contribution in [0, 0.1) is 29.6 Å². The summed E-state index contributed by atoms with van der Waals surface area (Å²) in [7, 11) is 0. The molecule has 0 spiro atoms. The van der Waals surface area contributed by atoms with E-state index in [2.05, 4.69) is 59.8 Å². The van der Waals surface area contributed by atoms with Crippen molar-refractivity contribution in [3.63, 3.8) is 0 Å². The van der Waals surface area contributed by atoms with Crippen LogP contribution in [-0.4, -0.2) is 5.48 Å². The quantitative estimate of drug-likeness (QED) is 0.254. The van der Waals surface area contributed by atoms with Crippen molar-refractivity contribution >= 4 is 0 Å². The average molecular weight is 626 g/mol. The van der Waals surface area contributed by atoms with Gasteiger partial charge in [0.15, 0.2) is 0 Å². The maximum Gasteiger partial charge on any atom is -0.0228 e. The highest BCUT2D eigenvalue weighted by Gasteiger charge is 2.14. The Hall–Kier alpha value is -0.600. The number of rotatable bonds is 9. The lowest BCUT2D eigenvalue weighted by Gasteiger charge is -2.22. The van der Waals surface area contributed by atoms with E-state index < -0.39 is 0 Å². The normalized spacial score (nSPS) is 21.8. The van der Waals surface area contributed by atoms with E-state index in [1.165, 1.54) is 135 Å². The summed E-state index contributed by atoms with van der Waals surface area (Å²) < 4.78 is 0. The Kier molecular flexibility index (Phi) is 51.0. The lowest BCUT2D eigenvalue weighted by Crippen LogP contribution is -2.08. The molecule has 3 saturated carbocycles. The van der Waals surface area contributed by atoms with Gasteiger partial charge in [-0.05, 0) is 75.0 Å². The Labute approximate surface area is 282 Å². The number of hydrogen-bond acceptors (Lipinski definition) is 1. The van der Waals surface area contributed by atoms with Gasteiger partial charge < -0.3 is 11.6 Å². The second kappa shape index (κ2) is 42.4. The fraction of sp³-hybridized carbons (Fsp3) is 0.905. The monoisotopic (exact) mass is 626 g/mol. The van der Waals surface area contributed by atoms with E-state index in [-0.39, 0.29) is 11.6 Å². The molecule has 1 atom stereocenters. The van der Waals surface area contributed by atoms with Gasteiger partial charge in [-0.3, -0.25) is 0 Å². The molecule has 5 N–H and O–H groups in total. The zero-order chi connectivity index (χ0) is 32.4. The van der Waals surface area contributed by atoms with E-state index in [0.29, 0.717) is 0 Å². The van der Waals surface area contributed by atoms with Gasteiger partial charge in [-0.1, -0.05) is 196 Å². The van der Waals surface area contributed by atoms with Crippen LogP contribution in [0.25, 0.3) is 0 Å². The molecule has 4 aliphatic rings. The highest BCUT2D eigenvalue weighted by molar-refractivity contribution is 5.03. The molecule has 0 bridgehead atoms. The van der Waals surface area contributed by atoms with Crippen LogP contribution in [0.1, 0.15) is 218 Å². The van der Waals surface area contributed by atoms with Gasteiger partial charge in [0, 0.05) is 0 Å². The predicted octanol–water partition coefficient (Wildman–Crippen LogP) is 15.3. The van der Waals surface area contributed by atoms with E-state index in [1.807, 2.05) is 41.5 Å². The first-order valence-electron chi connectivity index (χ1n) is 19.8. The van der Waals surface area contributed by atoms with Gasteiger partial charge in [-0.25, -0.2) is 0 Å². The van der Waals surface area contributed by atoms with E-state index in [4.69, 9.17) is 0 Å². The molecule has 0 amide bonds. The Morgan fingerprint density at radius 1 is 0.614 bits per heavy atom. The van der Waals surface area contributed by atoms with E-state index in [1.54, 1.807) is 5.57 Å². The molecule has 2 heteroatoms. The Balaban J connectivity index is -0.000000149. The Morgan fingerprint density at radius 3 is 1.43 bits per heavy atom. The predicted molar refractivity (Wildman–Crippen MR) is 208 cm³/mol. The summed E-state index contributed by atoms with van der Waals surface area (Å²) in [6.07, 6.45) is 37.3. The average Bonchev–Trinajstić information content (AvgIpc) is 3.76. The molecule has 4 aliphatic carbocycles. The summed E-state index contributed by atoms with van der Waals surface area (Å²) in [6, 6.07) is 0. The molecule has 0 aromatic heterocycles. The van der Waals surface area contributed by atoms with Crippen LogP contribution in [0.4, 0.5) is 0 Å². The van der Waals surface area contributed by atoms with Crippen molar-refractivity contribution in [2.45, 2.75) is 218 Å². The molecule has 1 unspecified atom stereocenters. The summed E-state index contributed by atoms with van der Waals surface area (Å²) in [6.45, 7) is 25.8. The maximum absolute atomic E-state index is 2.41. The topological polar surface area (TPSA) is 66.5 Å². The second-order valence-corrected chi connectivity index (χ2v) is 13.0. The van der Waals surface area contributed by atoms with Crippen LogP contribution in [0.5, 0.6) is 0 Å². The van der Waals surface area contributed by atoms with Gasteiger partial charge in [0.05, 0.1) is 0 Å². The molecule has 0 aliphatic heterocycles. The lowest BCUT2D eigenvalue weighted by atomic mass is 9.84. The van der Waals surface area contributed by atoms with Gasteiger partial charge in [0.2, 0.25) is 0 Å². The van der Waals surface area contributed by atoms with Crippen LogP contribution >= 0.6 is 0 Å². The van der Waals surface area contributed by atoms with Crippen molar-refractivity contribution in [1.29, 1.82) is 0 Å². The Morgan fingerprint density at radius 2 is 1.09 bits per heavy atom. The molecule has 4 rings (SSSR count). The van der Waals surface area contributed by atoms with Crippen LogP contribution < -0.4 is 6.15 Å². The summed E-state index contributed by atoms with van der Waals surface area (Å²) in [4.78, 5) is 0. The first-order chi connectivity index (χ1) is 20.5. The van der Waals surface area contributed by atoms with Crippen molar-refractivity contribution in [2.24, 2.45) is 29.6 Å². The van der Waals surface area contributed by atoms with Crippen LogP contribution in [-0.2, 0) is 0 Å². The molecule has 44 heavy (non-hydrogen) atoms. The number of allylic oxidation sites excluding steroid dienone is 4. The first kappa shape index (κ1) is 52.9. The fourth-order valence-corrected chi connectivity index (χ4v) is 5.96. The van der Waals surface area contributed by atoms with E-state index >= 15 is 0 Å². The second-order valence-electron chi connectivity index (χ2n) is 13.0. The zero-order valence-electron chi connectivity index (χ0n) is 33.2. The van der Waals surface area contributed by atoms with Crippen LogP contribution in [0.15, 0.2) is 23.8 Å². The van der Waals surface area contributed by atoms with Gasteiger partial charge in [0.25, 0.3) is 0 Å². The van der Waals surface area contributed by atoms with Gasteiger partial charge >= 0.3 is 0 Å². The van der Waals surface area contributed by atoms with Crippen molar-refractivity contribution in [2.75, 3.05) is 0 Å². The highest BCUT2D eigenvalue weighted by Crippen LogP contribution is 2.29. The molecular formula is C42H91NO. The first-order valence-corrected chi connectivity index (χ1v) is 19.8. The van der Waals surface area contributed by atoms with Crippen LogP contribution in [0.3, 0.4) is 0 Å². The largest absolute Gasteiger partial charge is 0.412 e. The van der Waals surface area contributed by atoms with Crippen molar-refractivity contribution in [3.8, 4) is 0 Å². The van der Waals surface area contributed by atoms with E-state index in [0.717, 1.165) is 29.6 Å². The minimum atomic E-state index is 0. The summed E-state index contributed by atoms with van der Waals surface area (Å²) in [5.41, 5.74) is 1.67. The summed E-state index contributed by atoms with van der Waals surface area (Å²) >= 11 is 0. The molecular weight excluding hydrogens is 534 g/mol. The summed E-state index contributed by atoms with van der Waals surface area (Å²) in [5, 5.41) is 0. The molecule has 2 nitrogen and oxygen atoms in total. The standard InChI is InChI=1S/C14H24.C9H18.C8H16.C5H10.3C2H6.H3N.H2O/c1-3-5-8-13(4-2)11-12-14-9-6-7-10-14;1-2-3-6-9-7-4-5-8-9;1-7-3-5-8(2)6-4-7;1-5-3-2-4-5;3*1-2;;/h4,6,9,14H,3,5,7-8,10-12H2,1-2H3;9H,2-8H2,1H3;7-8H,3-6H2,1-2H3;5H,2-4H2,1H3;3*1-2H3;1H3;1H2/b13-4+;;;;;;;;. The van der Waals surface area contributed by atoms with Gasteiger partial charge in [-0.2, -0.15) is 0 Å². The van der Waals surface area contributed by atoms with Crippen molar-refractivity contribution in [1.82, 2.24) is 6.15 Å². The fourth-order valence-electron chi connectivity index (χ4n) is 5.96. The van der Waals surface area contributed by atoms with E-state index in [9.17, 15) is 0 Å². The molecule has 270 valence electrons. The minimum absolute atomic E-state index is 0. The van der Waals surface area contributed by atoms with Crippen molar-refractivity contribution < 1.29 is 5.48 Å². The Bertz CT molecular complexity index is 526. The molecule has 0 heterocycles. The third-order valence-corrected chi connectivity index (χ3v) is 9.35. The van der Waals surface area contributed by atoms with Gasteiger partial charge in [-0.15, -0.1) is 0 Å². The van der Waals surface area contributed by atoms with Crippen LogP contribution in [0.2, 0.25) is 0 Å². The summed E-state index contributed by atoms with van der Waals surface area (Å²) in [5.74, 6) is 5.10. The number of hydrogen-bond donors (Lipinski definition) is 1. The zero-order valence-corrected chi connectivity index (χ0v) is 33.2. The molecule has 0 saturated heterocycles. The SMILES string of the molecule is C/C=C(\CCCC)CCC1C=CCC1.CC.CC.CC.CC1CCC(C)CC1.CC1CCC1.CCCCC1CCCC1.N.O. The highest BCUT2D eigenvalue weighted by atomic mass is 16.0. The van der Waals surface area contributed by atoms with Gasteiger partial charge in [0.1, 0.15) is 0 Å². The molecule has 0 aromatic carbocycles. The molecule has 3 fully saturated rings. The smallest absolute Gasteiger partial charge is 0.0228 e. The molecule has 0 radical (unpaired) electrons. The lowest BCUT2D eigenvalue weighted by molar-refractivity contribution is 0.308. The third-order valence-electron chi connectivity index (χ3n) is 9.35. The molecule has 0 aromatic rings. The minimum Gasteiger partial charge on any atom is -0.412 e. The maximum atomic E-state index is 2.41. The van der Waals surface area contributed by atoms with Crippen molar-refractivity contribution in [3.05, 3.63) is 23.8 Å². The third kappa shape index (κ3) is 34.3. The number of unbranched alkanes of at least 4 members (excludes halogenated alkanes) is 2.